The molecule has 1 aliphatic heterocycles. The zero-order valence-electron chi connectivity index (χ0n) is 12.1. The van der Waals surface area contributed by atoms with E-state index in [4.69, 9.17) is 23.2 Å². The zero-order chi connectivity index (χ0) is 14.8. The summed E-state index contributed by atoms with van der Waals surface area (Å²) in [6.45, 7) is 2.90. The van der Waals surface area contributed by atoms with Crippen molar-refractivity contribution in [2.45, 2.75) is 25.3 Å². The molecule has 0 bridgehead atoms. The number of nitrogens with zero attached hydrogens (tertiary/aromatic N) is 3. The number of piperidine rings is 1. The van der Waals surface area contributed by atoms with E-state index >= 15 is 0 Å². The maximum Gasteiger partial charge on any atom is 0.112 e. The smallest absolute Gasteiger partial charge is 0.112 e. The lowest BCUT2D eigenvalue weighted by molar-refractivity contribution is 0.195. The predicted molar refractivity (Wildman–Crippen MR) is 86.9 cm³/mol. The van der Waals surface area contributed by atoms with Crippen molar-refractivity contribution >= 4 is 23.2 Å². The Morgan fingerprint density at radius 3 is 2.71 bits per heavy atom. The van der Waals surface area contributed by atoms with Crippen molar-refractivity contribution in [1.82, 2.24) is 14.5 Å². The molecule has 1 aromatic heterocycles. The number of hydrogen-bond acceptors (Lipinski definition) is 2. The van der Waals surface area contributed by atoms with Gasteiger partial charge in [0.15, 0.2) is 0 Å². The van der Waals surface area contributed by atoms with Gasteiger partial charge in [-0.25, -0.2) is 4.98 Å². The molecule has 0 spiro atoms. The van der Waals surface area contributed by atoms with E-state index in [1.165, 1.54) is 18.7 Å². The van der Waals surface area contributed by atoms with Crippen molar-refractivity contribution in [1.29, 1.82) is 0 Å². The van der Waals surface area contributed by atoms with Crippen LogP contribution in [-0.2, 0) is 13.6 Å². The Morgan fingerprint density at radius 2 is 2.05 bits per heavy atom. The molecule has 0 aliphatic carbocycles. The number of benzene rings is 1. The Balaban J connectivity index is 1.74. The summed E-state index contributed by atoms with van der Waals surface area (Å²) in [5, 5.41) is 1.50. The molecule has 5 heteroatoms. The number of rotatable bonds is 3. The molecule has 1 fully saturated rings. The fourth-order valence-electron chi connectivity index (χ4n) is 3.09. The zero-order valence-corrected chi connectivity index (χ0v) is 13.6. The van der Waals surface area contributed by atoms with Crippen molar-refractivity contribution in [3.8, 4) is 0 Å². The fraction of sp³-hybridized carbons (Fsp3) is 0.438. The molecule has 112 valence electrons. The Labute approximate surface area is 135 Å². The number of aromatic nitrogens is 2. The van der Waals surface area contributed by atoms with Gasteiger partial charge in [-0.1, -0.05) is 29.3 Å². The van der Waals surface area contributed by atoms with Gasteiger partial charge in [-0.05, 0) is 31.5 Å². The van der Waals surface area contributed by atoms with Gasteiger partial charge in [0.1, 0.15) is 5.82 Å². The molecule has 3 nitrogen and oxygen atoms in total. The molecule has 0 radical (unpaired) electrons. The van der Waals surface area contributed by atoms with E-state index in [1.54, 1.807) is 0 Å². The molecule has 0 N–H and O–H groups in total. The average Bonchev–Trinajstić information content (AvgIpc) is 2.90. The third-order valence-corrected chi connectivity index (χ3v) is 4.88. The van der Waals surface area contributed by atoms with Crippen LogP contribution in [0.25, 0.3) is 0 Å². The topological polar surface area (TPSA) is 21.1 Å². The monoisotopic (exact) mass is 323 g/mol. The van der Waals surface area contributed by atoms with Gasteiger partial charge in [0.2, 0.25) is 0 Å². The molecule has 1 aromatic carbocycles. The van der Waals surface area contributed by atoms with Gasteiger partial charge in [-0.2, -0.15) is 0 Å². The summed E-state index contributed by atoms with van der Waals surface area (Å²) in [5.41, 5.74) is 1.03. The van der Waals surface area contributed by atoms with Crippen LogP contribution in [0.5, 0.6) is 0 Å². The normalized spacial score (nSPS) is 19.9. The van der Waals surface area contributed by atoms with Crippen LogP contribution < -0.4 is 0 Å². The molecule has 21 heavy (non-hydrogen) atoms. The third-order valence-electron chi connectivity index (χ3n) is 4.17. The van der Waals surface area contributed by atoms with Crippen LogP contribution in [0, 0.1) is 0 Å². The third kappa shape index (κ3) is 3.25. The Kier molecular flexibility index (Phi) is 4.53. The first-order valence-electron chi connectivity index (χ1n) is 7.27. The van der Waals surface area contributed by atoms with E-state index in [0.29, 0.717) is 5.92 Å². The summed E-state index contributed by atoms with van der Waals surface area (Å²) < 4.78 is 2.12. The van der Waals surface area contributed by atoms with Gasteiger partial charge in [0.05, 0.1) is 0 Å². The Hall–Kier alpha value is -1.03. The van der Waals surface area contributed by atoms with E-state index in [9.17, 15) is 0 Å². The van der Waals surface area contributed by atoms with Crippen LogP contribution in [-0.4, -0.2) is 27.5 Å². The standard InChI is InChI=1S/C16H19Cl2N3/c1-20-9-7-19-16(20)12-4-3-8-21(10-12)11-13-14(17)5-2-6-15(13)18/h2,5-7,9,12H,3-4,8,10-11H2,1H3/t12-/m0/s1. The molecular formula is C16H19Cl2N3. The maximum absolute atomic E-state index is 6.28. The largest absolute Gasteiger partial charge is 0.338 e. The molecule has 1 aliphatic rings. The second-order valence-corrected chi connectivity index (χ2v) is 6.49. The van der Waals surface area contributed by atoms with Gasteiger partial charge in [-0.15, -0.1) is 0 Å². The summed E-state index contributed by atoms with van der Waals surface area (Å²) in [5.74, 6) is 1.66. The van der Waals surface area contributed by atoms with E-state index < -0.39 is 0 Å². The van der Waals surface area contributed by atoms with E-state index in [-0.39, 0.29) is 0 Å². The number of imidazole rings is 1. The first-order chi connectivity index (χ1) is 10.1. The van der Waals surface area contributed by atoms with Crippen molar-refractivity contribution in [3.05, 3.63) is 52.0 Å². The molecule has 3 rings (SSSR count). The average molecular weight is 324 g/mol. The highest BCUT2D eigenvalue weighted by atomic mass is 35.5. The SMILES string of the molecule is Cn1ccnc1[C@H]1CCCN(Cc2c(Cl)cccc2Cl)C1. The van der Waals surface area contributed by atoms with Gasteiger partial charge in [0.25, 0.3) is 0 Å². The van der Waals surface area contributed by atoms with Gasteiger partial charge < -0.3 is 4.57 Å². The van der Waals surface area contributed by atoms with Gasteiger partial charge in [0, 0.05) is 54.1 Å². The van der Waals surface area contributed by atoms with Crippen LogP contribution >= 0.6 is 23.2 Å². The van der Waals surface area contributed by atoms with Gasteiger partial charge >= 0.3 is 0 Å². The number of hydrogen-bond donors (Lipinski definition) is 0. The molecule has 0 unspecified atom stereocenters. The highest BCUT2D eigenvalue weighted by Crippen LogP contribution is 2.30. The van der Waals surface area contributed by atoms with Crippen molar-refractivity contribution in [2.24, 2.45) is 7.05 Å². The minimum Gasteiger partial charge on any atom is -0.338 e. The predicted octanol–water partition coefficient (Wildman–Crippen LogP) is 4.11. The lowest BCUT2D eigenvalue weighted by atomic mass is 9.96. The first kappa shape index (κ1) is 14.9. The lowest BCUT2D eigenvalue weighted by Gasteiger charge is -2.32. The molecule has 0 saturated carbocycles. The second-order valence-electron chi connectivity index (χ2n) is 5.67. The summed E-state index contributed by atoms with van der Waals surface area (Å²) in [6, 6.07) is 5.70. The summed E-state index contributed by atoms with van der Waals surface area (Å²) >= 11 is 12.6. The maximum atomic E-state index is 6.28. The number of halogens is 2. The Morgan fingerprint density at radius 1 is 1.29 bits per heavy atom. The lowest BCUT2D eigenvalue weighted by Crippen LogP contribution is -2.34. The second kappa shape index (κ2) is 6.39. The summed E-state index contributed by atoms with van der Waals surface area (Å²) in [7, 11) is 2.06. The van der Waals surface area contributed by atoms with Crippen molar-refractivity contribution < 1.29 is 0 Å². The van der Waals surface area contributed by atoms with Crippen LogP contribution in [0.3, 0.4) is 0 Å². The Bertz CT molecular complexity index is 603. The summed E-state index contributed by atoms with van der Waals surface area (Å²) in [6.07, 6.45) is 6.26. The summed E-state index contributed by atoms with van der Waals surface area (Å²) in [4.78, 5) is 6.93. The fourth-order valence-corrected chi connectivity index (χ4v) is 3.60. The highest BCUT2D eigenvalue weighted by Gasteiger charge is 2.24. The molecule has 2 aromatic rings. The van der Waals surface area contributed by atoms with E-state index in [0.717, 1.165) is 35.2 Å². The van der Waals surface area contributed by atoms with Crippen molar-refractivity contribution in [3.63, 3.8) is 0 Å². The van der Waals surface area contributed by atoms with Crippen LogP contribution in [0.2, 0.25) is 10.0 Å². The molecule has 1 saturated heterocycles. The van der Waals surface area contributed by atoms with Crippen molar-refractivity contribution in [2.75, 3.05) is 13.1 Å². The molecule has 2 heterocycles. The first-order valence-corrected chi connectivity index (χ1v) is 8.03. The highest BCUT2D eigenvalue weighted by molar-refractivity contribution is 6.35. The van der Waals surface area contributed by atoms with E-state index in [2.05, 4.69) is 21.5 Å². The minimum absolute atomic E-state index is 0.486. The quantitative estimate of drug-likeness (QED) is 0.847. The van der Waals surface area contributed by atoms with E-state index in [1.807, 2.05) is 30.6 Å². The molecule has 1 atom stereocenters. The van der Waals surface area contributed by atoms with Crippen LogP contribution in [0.15, 0.2) is 30.6 Å². The van der Waals surface area contributed by atoms with Gasteiger partial charge in [-0.3, -0.25) is 4.90 Å². The number of likely N-dealkylation sites (tertiary alicyclic amines) is 1. The number of aryl methyl sites for hydroxylation is 1. The minimum atomic E-state index is 0.486. The van der Waals surface area contributed by atoms with Crippen LogP contribution in [0.4, 0.5) is 0 Å². The molecular weight excluding hydrogens is 305 g/mol. The molecule has 0 amide bonds. The van der Waals surface area contributed by atoms with Crippen LogP contribution in [0.1, 0.15) is 30.1 Å².